The fraction of sp³-hybridized carbons (Fsp3) is 0.316. The Morgan fingerprint density at radius 1 is 1.07 bits per heavy atom. The zero-order valence-corrected chi connectivity index (χ0v) is 17.3. The van der Waals surface area contributed by atoms with Crippen LogP contribution >= 0.6 is 11.3 Å². The highest BCUT2D eigenvalue weighted by atomic mass is 32.2. The van der Waals surface area contributed by atoms with Gasteiger partial charge in [0, 0.05) is 28.4 Å². The van der Waals surface area contributed by atoms with E-state index in [1.807, 2.05) is 24.4 Å². The van der Waals surface area contributed by atoms with Crippen LogP contribution in [0.5, 0.6) is 0 Å². The quantitative estimate of drug-likeness (QED) is 0.701. The fourth-order valence-electron chi connectivity index (χ4n) is 3.13. The Kier molecular flexibility index (Phi) is 4.20. The van der Waals surface area contributed by atoms with Gasteiger partial charge < -0.3 is 10.2 Å². The molecule has 0 bridgehead atoms. The summed E-state index contributed by atoms with van der Waals surface area (Å²) in [7, 11) is -3.44. The molecule has 1 atom stereocenters. The fourth-order valence-corrected chi connectivity index (χ4v) is 5.93. The lowest BCUT2D eigenvalue weighted by Gasteiger charge is -2.37. The van der Waals surface area contributed by atoms with E-state index in [2.05, 4.69) is 15.0 Å². The average molecular weight is 417 g/mol. The lowest BCUT2D eigenvalue weighted by molar-refractivity contribution is 0.507. The summed E-state index contributed by atoms with van der Waals surface area (Å²) in [5.41, 5.74) is 7.79. The molecule has 1 aliphatic rings. The van der Waals surface area contributed by atoms with Crippen molar-refractivity contribution in [3.63, 3.8) is 0 Å². The molecule has 1 unspecified atom stereocenters. The Bertz CT molecular complexity index is 1160. The summed E-state index contributed by atoms with van der Waals surface area (Å²) in [6.07, 6.45) is 6.47. The van der Waals surface area contributed by atoms with E-state index in [0.29, 0.717) is 5.76 Å². The third-order valence-corrected chi connectivity index (χ3v) is 9.04. The van der Waals surface area contributed by atoms with Crippen molar-refractivity contribution in [2.75, 3.05) is 5.75 Å². The molecule has 146 valence electrons. The molecule has 4 rings (SSSR count). The number of sulfone groups is 1. The van der Waals surface area contributed by atoms with Gasteiger partial charge >= 0.3 is 0 Å². The first-order chi connectivity index (χ1) is 13.1. The normalized spacial score (nSPS) is 23.3. The minimum Gasteiger partial charge on any atom is -0.443 e. The molecule has 9 heteroatoms. The number of hydrogen-bond acceptors (Lipinski definition) is 8. The molecule has 0 saturated carbocycles. The number of thiophene rings is 1. The second-order valence-electron chi connectivity index (χ2n) is 7.57. The van der Waals surface area contributed by atoms with Crippen molar-refractivity contribution in [2.45, 2.75) is 31.1 Å². The SMILES string of the molecule is CC1(c2cc(-c3cncc(-c4cnco4)c3)cs2)CS(=O)(=O)C(C)(C)C(N)=N1. The van der Waals surface area contributed by atoms with Gasteiger partial charge in [0.05, 0.1) is 11.9 Å². The Balaban J connectivity index is 1.73. The number of rotatable bonds is 3. The Morgan fingerprint density at radius 2 is 1.82 bits per heavy atom. The molecule has 0 spiro atoms. The molecule has 3 aromatic heterocycles. The molecular formula is C19H20N4O3S2. The third kappa shape index (κ3) is 2.94. The van der Waals surface area contributed by atoms with Crippen molar-refractivity contribution in [1.29, 1.82) is 0 Å². The lowest BCUT2D eigenvalue weighted by atomic mass is 10.00. The number of pyridine rings is 1. The van der Waals surface area contributed by atoms with Crippen molar-refractivity contribution in [1.82, 2.24) is 9.97 Å². The molecule has 28 heavy (non-hydrogen) atoms. The van der Waals surface area contributed by atoms with Crippen LogP contribution in [0.4, 0.5) is 0 Å². The van der Waals surface area contributed by atoms with E-state index in [9.17, 15) is 8.42 Å². The van der Waals surface area contributed by atoms with Crippen molar-refractivity contribution in [2.24, 2.45) is 10.7 Å². The van der Waals surface area contributed by atoms with Crippen LogP contribution in [0.3, 0.4) is 0 Å². The van der Waals surface area contributed by atoms with E-state index in [4.69, 9.17) is 10.2 Å². The molecule has 0 aliphatic carbocycles. The summed E-state index contributed by atoms with van der Waals surface area (Å²) in [4.78, 5) is 13.6. The first-order valence-electron chi connectivity index (χ1n) is 8.64. The van der Waals surface area contributed by atoms with Gasteiger partial charge in [0.2, 0.25) is 0 Å². The van der Waals surface area contributed by atoms with Crippen LogP contribution in [0.15, 0.2) is 51.9 Å². The van der Waals surface area contributed by atoms with Crippen molar-refractivity contribution in [3.05, 3.63) is 47.4 Å². The van der Waals surface area contributed by atoms with E-state index in [1.54, 1.807) is 32.4 Å². The number of aromatic nitrogens is 2. The van der Waals surface area contributed by atoms with Gasteiger partial charge in [0.25, 0.3) is 0 Å². The highest BCUT2D eigenvalue weighted by Crippen LogP contribution is 2.41. The monoisotopic (exact) mass is 416 g/mol. The number of aliphatic imine (C=N–C) groups is 1. The van der Waals surface area contributed by atoms with E-state index >= 15 is 0 Å². The molecular weight excluding hydrogens is 396 g/mol. The van der Waals surface area contributed by atoms with Gasteiger partial charge in [-0.25, -0.2) is 13.4 Å². The van der Waals surface area contributed by atoms with Crippen LogP contribution in [-0.2, 0) is 15.4 Å². The molecule has 2 N–H and O–H groups in total. The third-order valence-electron chi connectivity index (χ3n) is 5.15. The summed E-state index contributed by atoms with van der Waals surface area (Å²) in [6.45, 7) is 5.01. The molecule has 1 aliphatic heterocycles. The molecule has 0 saturated heterocycles. The predicted octanol–water partition coefficient (Wildman–Crippen LogP) is 3.24. The van der Waals surface area contributed by atoms with E-state index < -0.39 is 20.1 Å². The summed E-state index contributed by atoms with van der Waals surface area (Å²) in [6, 6.07) is 3.91. The van der Waals surface area contributed by atoms with E-state index in [1.165, 1.54) is 17.7 Å². The topological polar surface area (TPSA) is 111 Å². The van der Waals surface area contributed by atoms with Crippen LogP contribution in [0.25, 0.3) is 22.5 Å². The largest absolute Gasteiger partial charge is 0.443 e. The van der Waals surface area contributed by atoms with Crippen LogP contribution in [0.1, 0.15) is 25.6 Å². The van der Waals surface area contributed by atoms with Gasteiger partial charge in [-0.2, -0.15) is 0 Å². The number of hydrogen-bond donors (Lipinski definition) is 1. The van der Waals surface area contributed by atoms with E-state index in [-0.39, 0.29) is 11.6 Å². The Labute approximate surface area is 167 Å². The van der Waals surface area contributed by atoms with Crippen molar-refractivity contribution >= 4 is 27.0 Å². The zero-order chi connectivity index (χ0) is 20.2. The van der Waals surface area contributed by atoms with Crippen molar-refractivity contribution in [3.8, 4) is 22.5 Å². The number of amidine groups is 1. The maximum atomic E-state index is 12.8. The van der Waals surface area contributed by atoms with Gasteiger partial charge in [-0.05, 0) is 43.8 Å². The summed E-state index contributed by atoms with van der Waals surface area (Å²) >= 11 is 1.47. The summed E-state index contributed by atoms with van der Waals surface area (Å²) in [5.74, 6) is 0.698. The Morgan fingerprint density at radius 3 is 2.50 bits per heavy atom. The molecule has 0 amide bonds. The first kappa shape index (κ1) is 18.8. The van der Waals surface area contributed by atoms with Gasteiger partial charge in [-0.3, -0.25) is 9.98 Å². The second kappa shape index (κ2) is 6.25. The first-order valence-corrected chi connectivity index (χ1v) is 11.2. The highest BCUT2D eigenvalue weighted by molar-refractivity contribution is 7.93. The van der Waals surface area contributed by atoms with Gasteiger partial charge in [-0.1, -0.05) is 0 Å². The van der Waals surface area contributed by atoms with Crippen LogP contribution in [-0.4, -0.2) is 34.7 Å². The maximum Gasteiger partial charge on any atom is 0.181 e. The van der Waals surface area contributed by atoms with Crippen LogP contribution < -0.4 is 5.73 Å². The highest BCUT2D eigenvalue weighted by Gasteiger charge is 2.49. The van der Waals surface area contributed by atoms with E-state index in [0.717, 1.165) is 21.6 Å². The predicted molar refractivity (Wildman–Crippen MR) is 110 cm³/mol. The molecule has 0 radical (unpaired) electrons. The maximum absolute atomic E-state index is 12.8. The van der Waals surface area contributed by atoms with Crippen LogP contribution in [0.2, 0.25) is 0 Å². The lowest BCUT2D eigenvalue weighted by Crippen LogP contribution is -2.54. The van der Waals surface area contributed by atoms with Crippen molar-refractivity contribution < 1.29 is 12.8 Å². The smallest absolute Gasteiger partial charge is 0.181 e. The minimum absolute atomic E-state index is 0.0794. The average Bonchev–Trinajstić information content (AvgIpc) is 3.32. The second-order valence-corrected chi connectivity index (χ2v) is 11.0. The standard InChI is InChI=1S/C19H20N4O3S2/c1-18(2)17(20)23-19(3,10-28(18,24)25)16-5-14(9-27-16)12-4-13(7-21-6-12)15-8-22-11-26-15/h4-9,11H,10H2,1-3H3,(H2,20,23). The molecule has 0 aromatic carbocycles. The minimum atomic E-state index is -3.44. The zero-order valence-electron chi connectivity index (χ0n) is 15.7. The van der Waals surface area contributed by atoms with Gasteiger partial charge in [-0.15, -0.1) is 11.3 Å². The number of nitrogens with two attached hydrogens (primary N) is 1. The number of nitrogens with zero attached hydrogens (tertiary/aromatic N) is 3. The summed E-state index contributed by atoms with van der Waals surface area (Å²) in [5, 5.41) is 1.97. The molecule has 7 nitrogen and oxygen atoms in total. The molecule has 3 aromatic rings. The van der Waals surface area contributed by atoms with Gasteiger partial charge in [0.1, 0.15) is 16.1 Å². The summed E-state index contributed by atoms with van der Waals surface area (Å²) < 4.78 is 29.7. The van der Waals surface area contributed by atoms with Crippen LogP contribution in [0, 0.1) is 0 Å². The van der Waals surface area contributed by atoms with Gasteiger partial charge in [0.15, 0.2) is 22.0 Å². The molecule has 4 heterocycles. The Hall–Kier alpha value is -2.52. The number of oxazole rings is 1. The molecule has 0 fully saturated rings.